The van der Waals surface area contributed by atoms with E-state index in [9.17, 15) is 10.1 Å². The van der Waals surface area contributed by atoms with Gasteiger partial charge in [0.1, 0.15) is 17.4 Å². The number of hydrogen-bond donors (Lipinski definition) is 0. The third-order valence-electron chi connectivity index (χ3n) is 3.59. The van der Waals surface area contributed by atoms with Crippen LogP contribution in [0.25, 0.3) is 16.6 Å². The summed E-state index contributed by atoms with van der Waals surface area (Å²) in [5.74, 6) is -0.355. The minimum atomic E-state index is -0.527. The van der Waals surface area contributed by atoms with Crippen LogP contribution < -0.4 is 0 Å². The third kappa shape index (κ3) is 3.02. The second kappa shape index (κ2) is 5.86. The largest absolute Gasteiger partial charge is 0.456 e. The second-order valence-electron chi connectivity index (χ2n) is 6.58. The van der Waals surface area contributed by atoms with Crippen LogP contribution in [0.5, 0.6) is 0 Å². The van der Waals surface area contributed by atoms with Crippen molar-refractivity contribution in [2.45, 2.75) is 26.4 Å². The lowest BCUT2D eigenvalue weighted by molar-refractivity contribution is 0.00696. The molecular weight excluding hydrogens is 300 g/mol. The normalized spacial score (nSPS) is 11.2. The highest BCUT2D eigenvalue weighted by Gasteiger charge is 2.18. The zero-order chi connectivity index (χ0) is 17.3. The van der Waals surface area contributed by atoms with Crippen LogP contribution in [-0.2, 0) is 4.74 Å². The quantitative estimate of drug-likeness (QED) is 0.656. The lowest BCUT2D eigenvalue weighted by atomic mass is 10.1. The summed E-state index contributed by atoms with van der Waals surface area (Å²) in [6.45, 7) is 5.51. The van der Waals surface area contributed by atoms with Crippen molar-refractivity contribution in [1.29, 1.82) is 5.26 Å². The predicted molar refractivity (Wildman–Crippen MR) is 93.2 cm³/mol. The Morgan fingerprint density at radius 2 is 1.75 bits per heavy atom. The first-order valence-corrected chi connectivity index (χ1v) is 7.73. The van der Waals surface area contributed by atoms with E-state index in [1.54, 1.807) is 12.1 Å². The summed E-state index contributed by atoms with van der Waals surface area (Å²) in [4.78, 5) is 12.1. The lowest BCUT2D eigenvalue weighted by Crippen LogP contribution is -2.23. The van der Waals surface area contributed by atoms with Crippen LogP contribution in [-0.4, -0.2) is 16.1 Å². The summed E-state index contributed by atoms with van der Waals surface area (Å²) in [5, 5.41) is 10.4. The van der Waals surface area contributed by atoms with E-state index in [4.69, 9.17) is 4.74 Å². The molecule has 24 heavy (non-hydrogen) atoms. The van der Waals surface area contributed by atoms with E-state index in [-0.39, 0.29) is 5.97 Å². The van der Waals surface area contributed by atoms with Crippen LogP contribution in [0, 0.1) is 11.3 Å². The Morgan fingerprint density at radius 3 is 2.38 bits per heavy atom. The van der Waals surface area contributed by atoms with Crippen LogP contribution in [0.2, 0.25) is 0 Å². The zero-order valence-electron chi connectivity index (χ0n) is 13.9. The van der Waals surface area contributed by atoms with E-state index < -0.39 is 5.60 Å². The lowest BCUT2D eigenvalue weighted by Gasteiger charge is -2.19. The van der Waals surface area contributed by atoms with Crippen molar-refractivity contribution >= 4 is 16.9 Å². The Kier molecular flexibility index (Phi) is 3.86. The topological polar surface area (TPSA) is 55.0 Å². The van der Waals surface area contributed by atoms with E-state index in [0.29, 0.717) is 11.3 Å². The average Bonchev–Trinajstić information content (AvgIpc) is 2.92. The molecule has 0 bridgehead atoms. The fourth-order valence-corrected chi connectivity index (χ4v) is 2.60. The summed E-state index contributed by atoms with van der Waals surface area (Å²) < 4.78 is 7.25. The van der Waals surface area contributed by atoms with Crippen LogP contribution in [0.1, 0.15) is 36.8 Å². The van der Waals surface area contributed by atoms with Crippen LogP contribution >= 0.6 is 0 Å². The monoisotopic (exact) mass is 318 g/mol. The molecule has 3 rings (SSSR count). The van der Waals surface area contributed by atoms with Gasteiger partial charge in [0.2, 0.25) is 0 Å². The summed E-state index contributed by atoms with van der Waals surface area (Å²) in [7, 11) is 0. The van der Waals surface area contributed by atoms with Crippen molar-refractivity contribution in [2.75, 3.05) is 0 Å². The molecule has 0 spiro atoms. The zero-order valence-corrected chi connectivity index (χ0v) is 13.9. The molecule has 1 aromatic heterocycles. The SMILES string of the molecule is CC(C)(C)OC(=O)c1ccc(-n2c(C#N)cc3ccccc32)cc1. The second-order valence-corrected chi connectivity index (χ2v) is 6.58. The minimum absolute atomic E-state index is 0.355. The summed E-state index contributed by atoms with van der Waals surface area (Å²) in [6.07, 6.45) is 0. The smallest absolute Gasteiger partial charge is 0.338 e. The van der Waals surface area contributed by atoms with E-state index in [0.717, 1.165) is 16.6 Å². The van der Waals surface area contributed by atoms with E-state index in [1.165, 1.54) is 0 Å². The van der Waals surface area contributed by atoms with E-state index in [2.05, 4.69) is 6.07 Å². The first-order chi connectivity index (χ1) is 11.4. The van der Waals surface area contributed by atoms with Gasteiger partial charge in [-0.3, -0.25) is 0 Å². The summed E-state index contributed by atoms with van der Waals surface area (Å²) >= 11 is 0. The Morgan fingerprint density at radius 1 is 1.08 bits per heavy atom. The number of benzene rings is 2. The number of nitrogens with zero attached hydrogens (tertiary/aromatic N) is 2. The number of rotatable bonds is 2. The molecule has 0 aliphatic heterocycles. The standard InChI is InChI=1S/C20H18N2O2/c1-20(2,3)24-19(23)14-8-10-16(11-9-14)22-17(13-21)12-15-6-4-5-7-18(15)22/h4-12H,1-3H3. The van der Waals surface area contributed by atoms with Crippen molar-refractivity contribution < 1.29 is 9.53 Å². The van der Waals surface area contributed by atoms with Crippen LogP contribution in [0.15, 0.2) is 54.6 Å². The number of para-hydroxylation sites is 1. The maximum Gasteiger partial charge on any atom is 0.338 e. The van der Waals surface area contributed by atoms with E-state index in [1.807, 2.05) is 67.8 Å². The number of aromatic nitrogens is 1. The maximum absolute atomic E-state index is 12.1. The van der Waals surface area contributed by atoms with Crippen LogP contribution in [0.3, 0.4) is 0 Å². The Balaban J connectivity index is 2.00. The number of ether oxygens (including phenoxy) is 1. The fraction of sp³-hybridized carbons (Fsp3) is 0.200. The molecule has 4 heteroatoms. The molecule has 1 heterocycles. The van der Waals surface area contributed by atoms with Gasteiger partial charge in [-0.25, -0.2) is 4.79 Å². The number of hydrogen-bond acceptors (Lipinski definition) is 3. The van der Waals surface area contributed by atoms with Crippen molar-refractivity contribution in [3.63, 3.8) is 0 Å². The van der Waals surface area contributed by atoms with Crippen molar-refractivity contribution in [2.24, 2.45) is 0 Å². The minimum Gasteiger partial charge on any atom is -0.456 e. The Hall–Kier alpha value is -3.06. The Labute approximate surface area is 140 Å². The molecule has 0 aliphatic carbocycles. The van der Waals surface area contributed by atoms with Gasteiger partial charge in [0.05, 0.1) is 11.1 Å². The Bertz CT molecular complexity index is 938. The number of carbonyl (C=O) groups is 1. The molecule has 0 aliphatic rings. The molecule has 2 aromatic carbocycles. The maximum atomic E-state index is 12.1. The molecule has 120 valence electrons. The van der Waals surface area contributed by atoms with Gasteiger partial charge in [-0.15, -0.1) is 0 Å². The van der Waals surface area contributed by atoms with Gasteiger partial charge in [-0.2, -0.15) is 5.26 Å². The first-order valence-electron chi connectivity index (χ1n) is 7.73. The molecule has 0 saturated carbocycles. The number of nitriles is 1. The van der Waals surface area contributed by atoms with Crippen molar-refractivity contribution in [3.05, 3.63) is 65.9 Å². The van der Waals surface area contributed by atoms with Crippen molar-refractivity contribution in [1.82, 2.24) is 4.57 Å². The van der Waals surface area contributed by atoms with Gasteiger partial charge in [0, 0.05) is 11.1 Å². The summed E-state index contributed by atoms with van der Waals surface area (Å²) in [5.41, 5.74) is 2.31. The predicted octanol–water partition coefficient (Wildman–Crippen LogP) is 4.46. The molecule has 0 unspecified atom stereocenters. The molecule has 4 nitrogen and oxygen atoms in total. The molecule has 3 aromatic rings. The van der Waals surface area contributed by atoms with Crippen LogP contribution in [0.4, 0.5) is 0 Å². The first kappa shape index (κ1) is 15.8. The fourth-order valence-electron chi connectivity index (χ4n) is 2.60. The summed E-state index contributed by atoms with van der Waals surface area (Å²) in [6, 6.07) is 19.0. The molecular formula is C20H18N2O2. The highest BCUT2D eigenvalue weighted by atomic mass is 16.6. The van der Waals surface area contributed by atoms with Gasteiger partial charge in [-0.1, -0.05) is 18.2 Å². The highest BCUT2D eigenvalue weighted by molar-refractivity contribution is 5.90. The molecule has 0 fully saturated rings. The molecule has 0 saturated heterocycles. The third-order valence-corrected chi connectivity index (χ3v) is 3.59. The number of fused-ring (bicyclic) bond motifs is 1. The van der Waals surface area contributed by atoms with Gasteiger partial charge < -0.3 is 9.30 Å². The molecule has 0 atom stereocenters. The number of esters is 1. The van der Waals surface area contributed by atoms with Gasteiger partial charge in [0.25, 0.3) is 0 Å². The average molecular weight is 318 g/mol. The van der Waals surface area contributed by atoms with Gasteiger partial charge in [-0.05, 0) is 57.2 Å². The molecule has 0 amide bonds. The number of carbonyl (C=O) groups excluding carboxylic acids is 1. The van der Waals surface area contributed by atoms with Gasteiger partial charge >= 0.3 is 5.97 Å². The highest BCUT2D eigenvalue weighted by Crippen LogP contribution is 2.24. The van der Waals surface area contributed by atoms with E-state index >= 15 is 0 Å². The molecule has 0 N–H and O–H groups in total. The van der Waals surface area contributed by atoms with Gasteiger partial charge in [0.15, 0.2) is 0 Å². The molecule has 0 radical (unpaired) electrons. The van der Waals surface area contributed by atoms with Crippen molar-refractivity contribution in [3.8, 4) is 11.8 Å².